The Hall–Kier alpha value is -5.85. The summed E-state index contributed by atoms with van der Waals surface area (Å²) in [5, 5.41) is 12.3. The van der Waals surface area contributed by atoms with Crippen LogP contribution in [0.5, 0.6) is 0 Å². The first kappa shape index (κ1) is 28.9. The summed E-state index contributed by atoms with van der Waals surface area (Å²) in [6.45, 7) is 2.58. The largest absolute Gasteiger partial charge is 0.383 e. The molecule has 226 valence electrons. The summed E-state index contributed by atoms with van der Waals surface area (Å²) < 4.78 is 2.05. The van der Waals surface area contributed by atoms with Gasteiger partial charge in [-0.2, -0.15) is 5.26 Å². The molecular weight excluding hydrogens is 572 g/mol. The molecule has 9 nitrogen and oxygen atoms in total. The van der Waals surface area contributed by atoms with Gasteiger partial charge in [0.25, 0.3) is 5.91 Å². The summed E-state index contributed by atoms with van der Waals surface area (Å²) in [6.07, 6.45) is 3.42. The summed E-state index contributed by atoms with van der Waals surface area (Å²) in [5.74, 6) is 0.972. The van der Waals surface area contributed by atoms with Gasteiger partial charge in [-0.3, -0.25) is 14.3 Å². The number of nitrogens with zero attached hydrogens (tertiary/aromatic N) is 6. The van der Waals surface area contributed by atoms with Gasteiger partial charge in [-0.25, -0.2) is 15.0 Å². The van der Waals surface area contributed by atoms with Crippen molar-refractivity contribution in [3.8, 4) is 34.4 Å². The number of benzene rings is 3. The number of nitrogens with one attached hydrogen (secondary N) is 1. The van der Waals surface area contributed by atoms with Crippen molar-refractivity contribution in [2.45, 2.75) is 25.4 Å². The van der Waals surface area contributed by atoms with Crippen LogP contribution in [0.2, 0.25) is 0 Å². The lowest BCUT2D eigenvalue weighted by Crippen LogP contribution is -2.44. The van der Waals surface area contributed by atoms with Crippen LogP contribution in [-0.4, -0.2) is 49.5 Å². The number of pyridine rings is 2. The number of amides is 1. The molecule has 0 saturated carbocycles. The predicted molar refractivity (Wildman–Crippen MR) is 179 cm³/mol. The lowest BCUT2D eigenvalue weighted by atomic mass is 10.0. The summed E-state index contributed by atoms with van der Waals surface area (Å²) in [4.78, 5) is 29.5. The fourth-order valence-electron chi connectivity index (χ4n) is 6.00. The molecule has 0 bridgehead atoms. The van der Waals surface area contributed by atoms with Crippen LogP contribution in [0.15, 0.2) is 109 Å². The molecule has 1 saturated heterocycles. The Morgan fingerprint density at radius 1 is 0.913 bits per heavy atom. The number of carbonyl (C=O) groups is 1. The van der Waals surface area contributed by atoms with Crippen molar-refractivity contribution in [1.29, 1.82) is 5.26 Å². The van der Waals surface area contributed by atoms with Crippen LogP contribution in [0.4, 0.5) is 5.82 Å². The van der Waals surface area contributed by atoms with E-state index in [4.69, 9.17) is 21.0 Å². The Morgan fingerprint density at radius 3 is 2.48 bits per heavy atom. The molecule has 46 heavy (non-hydrogen) atoms. The number of anilines is 1. The van der Waals surface area contributed by atoms with E-state index in [0.29, 0.717) is 22.8 Å². The standard InChI is InChI=1S/C37H32N8O/c38-23-26-6-4-9-28(22-26)37(46)41-29-17-20-44(21-18-29)24-25-11-13-30(14-12-25)45-35(31-10-5-19-40-34(31)39)43-33-16-15-32(42-36(33)45)27-7-2-1-3-8-27/h1-16,19,22,29H,17-18,20-21,24H2,(H2,39,40)(H,41,46). The minimum Gasteiger partial charge on any atom is -0.383 e. The van der Waals surface area contributed by atoms with Gasteiger partial charge in [0.1, 0.15) is 11.3 Å². The second kappa shape index (κ2) is 12.6. The topological polar surface area (TPSA) is 126 Å². The summed E-state index contributed by atoms with van der Waals surface area (Å²) in [5.41, 5.74) is 13.6. The van der Waals surface area contributed by atoms with Crippen LogP contribution in [0.3, 0.4) is 0 Å². The molecule has 0 atom stereocenters. The van der Waals surface area contributed by atoms with Gasteiger partial charge in [0.15, 0.2) is 11.5 Å². The Kier molecular flexibility index (Phi) is 7.94. The van der Waals surface area contributed by atoms with Crippen molar-refractivity contribution in [2.75, 3.05) is 18.8 Å². The minimum absolute atomic E-state index is 0.109. The molecule has 6 aromatic rings. The zero-order valence-electron chi connectivity index (χ0n) is 25.2. The first-order valence-electron chi connectivity index (χ1n) is 15.3. The van der Waals surface area contributed by atoms with Gasteiger partial charge in [-0.15, -0.1) is 0 Å². The maximum absolute atomic E-state index is 12.7. The lowest BCUT2D eigenvalue weighted by molar-refractivity contribution is 0.0909. The number of nitrogen functional groups attached to an aromatic ring is 1. The number of nitriles is 1. The van der Waals surface area contributed by atoms with Gasteiger partial charge in [0, 0.05) is 48.7 Å². The second-order valence-corrected chi connectivity index (χ2v) is 11.5. The number of fused-ring (bicyclic) bond motifs is 1. The Bertz CT molecular complexity index is 2060. The summed E-state index contributed by atoms with van der Waals surface area (Å²) >= 11 is 0. The molecule has 9 heteroatoms. The minimum atomic E-state index is -0.129. The van der Waals surface area contributed by atoms with E-state index in [1.165, 1.54) is 5.56 Å². The fraction of sp³-hybridized carbons (Fsp3) is 0.162. The van der Waals surface area contributed by atoms with Gasteiger partial charge in [0.2, 0.25) is 0 Å². The molecule has 7 rings (SSSR count). The number of piperidine rings is 1. The number of imidazole rings is 1. The quantitative estimate of drug-likeness (QED) is 0.229. The van der Waals surface area contributed by atoms with E-state index < -0.39 is 0 Å². The third-order valence-electron chi connectivity index (χ3n) is 8.43. The number of hydrogen-bond acceptors (Lipinski definition) is 7. The molecule has 0 aliphatic carbocycles. The molecule has 0 radical (unpaired) electrons. The SMILES string of the molecule is N#Cc1cccc(C(=O)NC2CCN(Cc3ccc(-n4c(-c5cccnc5N)nc5ccc(-c6ccccc6)nc54)cc3)CC2)c1. The Labute approximate surface area is 267 Å². The van der Waals surface area contributed by atoms with Crippen LogP contribution in [0, 0.1) is 11.3 Å². The maximum Gasteiger partial charge on any atom is 0.251 e. The van der Waals surface area contributed by atoms with Gasteiger partial charge >= 0.3 is 0 Å². The normalized spacial score (nSPS) is 13.8. The Balaban J connectivity index is 1.09. The zero-order valence-corrected chi connectivity index (χ0v) is 25.2. The summed E-state index contributed by atoms with van der Waals surface area (Å²) in [6, 6.07) is 35.4. The van der Waals surface area contributed by atoms with E-state index in [1.807, 2.05) is 42.5 Å². The highest BCUT2D eigenvalue weighted by atomic mass is 16.1. The monoisotopic (exact) mass is 604 g/mol. The first-order valence-corrected chi connectivity index (χ1v) is 15.3. The average Bonchev–Trinajstić information content (AvgIpc) is 3.48. The molecule has 4 heterocycles. The van der Waals surface area contributed by atoms with Crippen molar-refractivity contribution < 1.29 is 4.79 Å². The highest BCUT2D eigenvalue weighted by Gasteiger charge is 2.22. The second-order valence-electron chi connectivity index (χ2n) is 11.5. The molecule has 1 amide bonds. The fourth-order valence-corrected chi connectivity index (χ4v) is 6.00. The zero-order chi connectivity index (χ0) is 31.5. The van der Waals surface area contributed by atoms with Gasteiger partial charge in [-0.1, -0.05) is 48.5 Å². The molecule has 1 fully saturated rings. The molecule has 1 aliphatic heterocycles. The first-order chi connectivity index (χ1) is 22.6. The third kappa shape index (κ3) is 5.94. The van der Waals surface area contributed by atoms with Crippen LogP contribution in [-0.2, 0) is 6.54 Å². The van der Waals surface area contributed by atoms with Crippen LogP contribution < -0.4 is 11.1 Å². The maximum atomic E-state index is 12.7. The van der Waals surface area contributed by atoms with Crippen molar-refractivity contribution >= 4 is 22.9 Å². The van der Waals surface area contributed by atoms with Gasteiger partial charge in [0.05, 0.1) is 22.9 Å². The van der Waals surface area contributed by atoms with Crippen LogP contribution in [0.25, 0.3) is 39.5 Å². The van der Waals surface area contributed by atoms with E-state index in [-0.39, 0.29) is 11.9 Å². The van der Waals surface area contributed by atoms with Gasteiger partial charge in [-0.05, 0) is 73.0 Å². The van der Waals surface area contributed by atoms with E-state index in [1.54, 1.807) is 30.5 Å². The Morgan fingerprint density at radius 2 is 1.72 bits per heavy atom. The highest BCUT2D eigenvalue weighted by molar-refractivity contribution is 5.94. The third-order valence-corrected chi connectivity index (χ3v) is 8.43. The number of aromatic nitrogens is 4. The average molecular weight is 605 g/mol. The number of rotatable bonds is 7. The molecule has 3 N–H and O–H groups in total. The number of hydrogen-bond donors (Lipinski definition) is 2. The molecule has 3 aromatic heterocycles. The van der Waals surface area contributed by atoms with Crippen molar-refractivity contribution in [1.82, 2.24) is 29.7 Å². The van der Waals surface area contributed by atoms with Crippen molar-refractivity contribution in [3.05, 3.63) is 126 Å². The lowest BCUT2D eigenvalue weighted by Gasteiger charge is -2.32. The molecule has 3 aromatic carbocycles. The number of carbonyl (C=O) groups excluding carboxylic acids is 1. The molecular formula is C37H32N8O. The highest BCUT2D eigenvalue weighted by Crippen LogP contribution is 2.32. The van der Waals surface area contributed by atoms with E-state index >= 15 is 0 Å². The van der Waals surface area contributed by atoms with Gasteiger partial charge < -0.3 is 11.1 Å². The van der Waals surface area contributed by atoms with E-state index in [9.17, 15) is 4.79 Å². The smallest absolute Gasteiger partial charge is 0.251 e. The summed E-state index contributed by atoms with van der Waals surface area (Å²) in [7, 11) is 0. The number of likely N-dealkylation sites (tertiary alicyclic amines) is 1. The predicted octanol–water partition coefficient (Wildman–Crippen LogP) is 6.00. The van der Waals surface area contributed by atoms with Crippen molar-refractivity contribution in [3.63, 3.8) is 0 Å². The van der Waals surface area contributed by atoms with Crippen LogP contribution >= 0.6 is 0 Å². The van der Waals surface area contributed by atoms with E-state index in [2.05, 4.69) is 62.2 Å². The molecule has 1 aliphatic rings. The number of nitrogens with two attached hydrogens (primary N) is 1. The van der Waals surface area contributed by atoms with Crippen molar-refractivity contribution in [2.24, 2.45) is 0 Å². The molecule has 0 unspecified atom stereocenters. The van der Waals surface area contributed by atoms with Crippen LogP contribution in [0.1, 0.15) is 34.3 Å². The van der Waals surface area contributed by atoms with E-state index in [0.717, 1.165) is 66.1 Å². The molecule has 0 spiro atoms.